The Bertz CT molecular complexity index is 558. The van der Waals surface area contributed by atoms with Crippen molar-refractivity contribution >= 4 is 27.4 Å². The lowest BCUT2D eigenvalue weighted by Crippen LogP contribution is -2.39. The zero-order valence-corrected chi connectivity index (χ0v) is 13.3. The molecule has 0 unspecified atom stereocenters. The van der Waals surface area contributed by atoms with Crippen LogP contribution in [-0.2, 0) is 16.4 Å². The molecule has 0 aromatic heterocycles. The van der Waals surface area contributed by atoms with Crippen molar-refractivity contribution in [3.63, 3.8) is 0 Å². The van der Waals surface area contributed by atoms with E-state index in [1.54, 1.807) is 14.0 Å². The average Bonchev–Trinajstić information content (AvgIpc) is 2.44. The van der Waals surface area contributed by atoms with E-state index in [4.69, 9.17) is 11.6 Å². The molecule has 20 heavy (non-hydrogen) atoms. The first-order valence-electron chi connectivity index (χ1n) is 6.37. The van der Waals surface area contributed by atoms with Crippen LogP contribution in [0.15, 0.2) is 29.3 Å². The lowest BCUT2D eigenvalue weighted by Gasteiger charge is -2.12. The van der Waals surface area contributed by atoms with Gasteiger partial charge < -0.3 is 10.6 Å². The molecule has 112 valence electrons. The Labute approximate surface area is 125 Å². The molecule has 7 heteroatoms. The number of rotatable bonds is 6. The molecular formula is C13H20ClN3O2S. The normalized spacial score (nSPS) is 12.2. The van der Waals surface area contributed by atoms with E-state index in [-0.39, 0.29) is 11.5 Å². The maximum absolute atomic E-state index is 11.4. The summed E-state index contributed by atoms with van der Waals surface area (Å²) in [6, 6.07) is 7.52. The van der Waals surface area contributed by atoms with Gasteiger partial charge in [0.15, 0.2) is 15.8 Å². The minimum absolute atomic E-state index is 0.0935. The predicted molar refractivity (Wildman–Crippen MR) is 84.0 cm³/mol. The molecule has 0 heterocycles. The van der Waals surface area contributed by atoms with Crippen molar-refractivity contribution in [2.45, 2.75) is 13.5 Å². The molecule has 5 nitrogen and oxygen atoms in total. The van der Waals surface area contributed by atoms with E-state index in [0.29, 0.717) is 24.1 Å². The molecule has 0 atom stereocenters. The zero-order valence-electron chi connectivity index (χ0n) is 11.7. The maximum atomic E-state index is 11.4. The molecule has 0 aliphatic carbocycles. The van der Waals surface area contributed by atoms with Crippen molar-refractivity contribution in [1.82, 2.24) is 10.6 Å². The van der Waals surface area contributed by atoms with Crippen LogP contribution >= 0.6 is 11.6 Å². The topological polar surface area (TPSA) is 70.6 Å². The summed E-state index contributed by atoms with van der Waals surface area (Å²) >= 11 is 6.05. The van der Waals surface area contributed by atoms with Gasteiger partial charge in [0.05, 0.1) is 5.75 Å². The first-order chi connectivity index (χ1) is 9.48. The largest absolute Gasteiger partial charge is 0.355 e. The number of nitrogens with one attached hydrogen (secondary N) is 2. The number of hydrogen-bond donors (Lipinski definition) is 2. The van der Waals surface area contributed by atoms with Crippen molar-refractivity contribution in [3.8, 4) is 0 Å². The molecule has 2 N–H and O–H groups in total. The maximum Gasteiger partial charge on any atom is 0.191 e. The van der Waals surface area contributed by atoms with E-state index in [2.05, 4.69) is 15.6 Å². The van der Waals surface area contributed by atoms with Crippen LogP contribution < -0.4 is 10.6 Å². The van der Waals surface area contributed by atoms with Crippen LogP contribution in [0.25, 0.3) is 0 Å². The van der Waals surface area contributed by atoms with Crippen molar-refractivity contribution in [2.75, 3.05) is 25.1 Å². The minimum Gasteiger partial charge on any atom is -0.355 e. The summed E-state index contributed by atoms with van der Waals surface area (Å²) in [5, 5.41) is 6.74. The molecule has 0 spiro atoms. The molecule has 0 fully saturated rings. The smallest absolute Gasteiger partial charge is 0.191 e. The Hall–Kier alpha value is -1.27. The predicted octanol–water partition coefficient (Wildman–Crippen LogP) is 1.44. The number of hydrogen-bond acceptors (Lipinski definition) is 3. The number of benzene rings is 1. The summed E-state index contributed by atoms with van der Waals surface area (Å²) in [7, 11) is -1.33. The Balaban J connectivity index is 2.43. The van der Waals surface area contributed by atoms with Gasteiger partial charge in [0.2, 0.25) is 0 Å². The molecule has 0 amide bonds. The van der Waals surface area contributed by atoms with Crippen molar-refractivity contribution in [1.29, 1.82) is 0 Å². The van der Waals surface area contributed by atoms with Gasteiger partial charge in [-0.1, -0.05) is 36.7 Å². The Morgan fingerprint density at radius 1 is 1.30 bits per heavy atom. The van der Waals surface area contributed by atoms with Gasteiger partial charge >= 0.3 is 0 Å². The van der Waals surface area contributed by atoms with Crippen molar-refractivity contribution in [3.05, 3.63) is 34.9 Å². The van der Waals surface area contributed by atoms with Gasteiger partial charge in [0.1, 0.15) is 0 Å². The standard InChI is InChI=1S/C13H20ClN3O2S/c1-3-20(18,19)9-8-16-13(15-2)17-10-11-6-4-5-7-12(11)14/h4-7H,3,8-10H2,1-2H3,(H2,15,16,17). The first kappa shape index (κ1) is 16.8. The van der Waals surface area contributed by atoms with E-state index in [0.717, 1.165) is 5.56 Å². The van der Waals surface area contributed by atoms with Gasteiger partial charge in [-0.15, -0.1) is 0 Å². The highest BCUT2D eigenvalue weighted by atomic mass is 35.5. The van der Waals surface area contributed by atoms with Crippen LogP contribution in [0, 0.1) is 0 Å². The van der Waals surface area contributed by atoms with Crippen LogP contribution in [0.3, 0.4) is 0 Å². The Morgan fingerprint density at radius 2 is 2.00 bits per heavy atom. The quantitative estimate of drug-likeness (QED) is 0.615. The Morgan fingerprint density at radius 3 is 2.60 bits per heavy atom. The lowest BCUT2D eigenvalue weighted by atomic mass is 10.2. The number of aliphatic imine (C=N–C) groups is 1. The summed E-state index contributed by atoms with van der Waals surface area (Å²) < 4.78 is 22.8. The van der Waals surface area contributed by atoms with Gasteiger partial charge in [0.25, 0.3) is 0 Å². The van der Waals surface area contributed by atoms with E-state index in [1.165, 1.54) is 0 Å². The van der Waals surface area contributed by atoms with Crippen LogP contribution in [0.1, 0.15) is 12.5 Å². The van der Waals surface area contributed by atoms with E-state index >= 15 is 0 Å². The molecule has 0 saturated carbocycles. The molecule has 1 aromatic carbocycles. The monoisotopic (exact) mass is 317 g/mol. The fraction of sp³-hybridized carbons (Fsp3) is 0.462. The zero-order chi connectivity index (χ0) is 15.0. The van der Waals surface area contributed by atoms with Crippen LogP contribution in [0.5, 0.6) is 0 Å². The first-order valence-corrected chi connectivity index (χ1v) is 8.56. The third-order valence-electron chi connectivity index (χ3n) is 2.77. The summed E-state index contributed by atoms with van der Waals surface area (Å²) in [5.74, 6) is 0.799. The third-order valence-corrected chi connectivity index (χ3v) is 4.85. The van der Waals surface area contributed by atoms with E-state index < -0.39 is 9.84 Å². The molecular weight excluding hydrogens is 298 g/mol. The molecule has 1 rings (SSSR count). The SMILES string of the molecule is CCS(=O)(=O)CCNC(=NC)NCc1ccccc1Cl. The summed E-state index contributed by atoms with van der Waals surface area (Å²) in [6.07, 6.45) is 0. The number of sulfone groups is 1. The third kappa shape index (κ3) is 5.79. The Kier molecular flexibility index (Phi) is 6.81. The van der Waals surface area contributed by atoms with Gasteiger partial charge in [-0.25, -0.2) is 8.42 Å². The second-order valence-corrected chi connectivity index (χ2v) is 7.06. The second kappa shape index (κ2) is 8.11. The van der Waals surface area contributed by atoms with Crippen LogP contribution in [0.2, 0.25) is 5.02 Å². The van der Waals surface area contributed by atoms with E-state index in [1.807, 2.05) is 24.3 Å². The van der Waals surface area contributed by atoms with Gasteiger partial charge in [-0.2, -0.15) is 0 Å². The van der Waals surface area contributed by atoms with Gasteiger partial charge in [-0.3, -0.25) is 4.99 Å². The van der Waals surface area contributed by atoms with Gasteiger partial charge in [0, 0.05) is 30.9 Å². The van der Waals surface area contributed by atoms with Crippen LogP contribution in [-0.4, -0.2) is 39.5 Å². The van der Waals surface area contributed by atoms with E-state index in [9.17, 15) is 8.42 Å². The fourth-order valence-corrected chi connectivity index (χ4v) is 2.41. The number of halogens is 1. The molecule has 1 aromatic rings. The van der Waals surface area contributed by atoms with Crippen molar-refractivity contribution in [2.24, 2.45) is 4.99 Å². The summed E-state index contributed by atoms with van der Waals surface area (Å²) in [5.41, 5.74) is 0.957. The van der Waals surface area contributed by atoms with Crippen molar-refractivity contribution < 1.29 is 8.42 Å². The highest BCUT2D eigenvalue weighted by molar-refractivity contribution is 7.91. The van der Waals surface area contributed by atoms with Gasteiger partial charge in [-0.05, 0) is 11.6 Å². The number of guanidine groups is 1. The second-order valence-electron chi connectivity index (χ2n) is 4.18. The molecule has 0 aliphatic heterocycles. The molecule has 0 radical (unpaired) electrons. The average molecular weight is 318 g/mol. The highest BCUT2D eigenvalue weighted by Crippen LogP contribution is 2.14. The molecule has 0 aliphatic rings. The number of nitrogens with zero attached hydrogens (tertiary/aromatic N) is 1. The fourth-order valence-electron chi connectivity index (χ4n) is 1.51. The highest BCUT2D eigenvalue weighted by Gasteiger charge is 2.07. The summed E-state index contributed by atoms with van der Waals surface area (Å²) in [4.78, 5) is 4.03. The molecule has 0 bridgehead atoms. The minimum atomic E-state index is -2.96. The molecule has 0 saturated heterocycles. The lowest BCUT2D eigenvalue weighted by molar-refractivity contribution is 0.595. The summed E-state index contributed by atoms with van der Waals surface area (Å²) in [6.45, 7) is 2.50. The van der Waals surface area contributed by atoms with Crippen LogP contribution in [0.4, 0.5) is 0 Å².